The number of benzene rings is 1. The minimum atomic E-state index is -0.228. The molecule has 0 aliphatic carbocycles. The van der Waals surface area contributed by atoms with Crippen LogP contribution in [-0.2, 0) is 11.3 Å². The van der Waals surface area contributed by atoms with Crippen LogP contribution in [0.4, 0.5) is 4.39 Å². The predicted molar refractivity (Wildman–Crippen MR) is 76.2 cm³/mol. The van der Waals surface area contributed by atoms with Gasteiger partial charge in [0, 0.05) is 36.6 Å². The SMILES string of the molecule is CCC(=O)N1CC[C@@H](NCc2cc(F)ccc2Br)C1. The quantitative estimate of drug-likeness (QED) is 0.921. The summed E-state index contributed by atoms with van der Waals surface area (Å²) in [6, 6.07) is 4.98. The van der Waals surface area contributed by atoms with E-state index in [1.165, 1.54) is 12.1 Å². The molecule has 0 spiro atoms. The van der Waals surface area contributed by atoms with E-state index in [2.05, 4.69) is 21.2 Å². The number of hydrogen-bond acceptors (Lipinski definition) is 2. The zero-order valence-electron chi connectivity index (χ0n) is 11.0. The van der Waals surface area contributed by atoms with Gasteiger partial charge in [0.15, 0.2) is 0 Å². The van der Waals surface area contributed by atoms with Gasteiger partial charge in [0.2, 0.25) is 5.91 Å². The van der Waals surface area contributed by atoms with E-state index in [9.17, 15) is 9.18 Å². The number of nitrogens with one attached hydrogen (secondary N) is 1. The molecule has 1 saturated heterocycles. The molecule has 0 radical (unpaired) electrons. The van der Waals surface area contributed by atoms with Gasteiger partial charge in [-0.1, -0.05) is 22.9 Å². The third kappa shape index (κ3) is 3.76. The molecule has 104 valence electrons. The Morgan fingerprint density at radius 3 is 3.11 bits per heavy atom. The molecule has 1 aliphatic rings. The number of carbonyl (C=O) groups excluding carboxylic acids is 1. The summed E-state index contributed by atoms with van der Waals surface area (Å²) < 4.78 is 14.1. The second-order valence-electron chi connectivity index (χ2n) is 4.80. The maximum Gasteiger partial charge on any atom is 0.222 e. The Hall–Kier alpha value is -0.940. The molecule has 1 aromatic carbocycles. The number of hydrogen-bond donors (Lipinski definition) is 1. The average Bonchev–Trinajstić information content (AvgIpc) is 2.88. The van der Waals surface area contributed by atoms with Crippen LogP contribution in [0.25, 0.3) is 0 Å². The van der Waals surface area contributed by atoms with Gasteiger partial charge in [-0.15, -0.1) is 0 Å². The Morgan fingerprint density at radius 2 is 2.37 bits per heavy atom. The molecule has 3 nitrogen and oxygen atoms in total. The van der Waals surface area contributed by atoms with E-state index in [-0.39, 0.29) is 11.7 Å². The summed E-state index contributed by atoms with van der Waals surface area (Å²) in [4.78, 5) is 13.5. The van der Waals surface area contributed by atoms with Crippen molar-refractivity contribution in [2.24, 2.45) is 0 Å². The second kappa shape index (κ2) is 6.48. The molecule has 1 fully saturated rings. The molecule has 1 amide bonds. The summed E-state index contributed by atoms with van der Waals surface area (Å²) >= 11 is 3.42. The molecule has 0 saturated carbocycles. The van der Waals surface area contributed by atoms with Crippen LogP contribution >= 0.6 is 15.9 Å². The normalized spacial score (nSPS) is 18.9. The minimum absolute atomic E-state index is 0.205. The smallest absolute Gasteiger partial charge is 0.222 e. The van der Waals surface area contributed by atoms with Gasteiger partial charge in [-0.3, -0.25) is 4.79 Å². The molecule has 1 heterocycles. The lowest BCUT2D eigenvalue weighted by atomic mass is 10.2. The number of nitrogens with zero attached hydrogens (tertiary/aromatic N) is 1. The van der Waals surface area contributed by atoms with Crippen LogP contribution in [0.1, 0.15) is 25.3 Å². The lowest BCUT2D eigenvalue weighted by molar-refractivity contribution is -0.129. The summed E-state index contributed by atoms with van der Waals surface area (Å²) in [7, 11) is 0. The van der Waals surface area contributed by atoms with Crippen molar-refractivity contribution >= 4 is 21.8 Å². The maximum atomic E-state index is 13.2. The molecule has 5 heteroatoms. The predicted octanol–water partition coefficient (Wildman–Crippen LogP) is 2.69. The van der Waals surface area contributed by atoms with Crippen LogP contribution in [0, 0.1) is 5.82 Å². The Morgan fingerprint density at radius 1 is 1.58 bits per heavy atom. The molecule has 0 unspecified atom stereocenters. The zero-order valence-corrected chi connectivity index (χ0v) is 12.5. The van der Waals surface area contributed by atoms with E-state index in [0.717, 1.165) is 29.5 Å². The van der Waals surface area contributed by atoms with Gasteiger partial charge in [-0.2, -0.15) is 0 Å². The fourth-order valence-electron chi connectivity index (χ4n) is 2.31. The van der Waals surface area contributed by atoms with Crippen LogP contribution in [0.15, 0.2) is 22.7 Å². The molecule has 1 aliphatic heterocycles. The fraction of sp³-hybridized carbons (Fsp3) is 0.500. The molecular formula is C14H18BrFN2O. The van der Waals surface area contributed by atoms with Crippen molar-refractivity contribution in [2.45, 2.75) is 32.4 Å². The van der Waals surface area contributed by atoms with Gasteiger partial charge in [0.05, 0.1) is 0 Å². The molecule has 0 aromatic heterocycles. The van der Waals surface area contributed by atoms with E-state index >= 15 is 0 Å². The van der Waals surface area contributed by atoms with E-state index in [1.54, 1.807) is 6.07 Å². The summed E-state index contributed by atoms with van der Waals surface area (Å²) in [6.45, 7) is 4.05. The van der Waals surface area contributed by atoms with E-state index < -0.39 is 0 Å². The summed E-state index contributed by atoms with van der Waals surface area (Å²) in [6.07, 6.45) is 1.51. The number of carbonyl (C=O) groups is 1. The van der Waals surface area contributed by atoms with Crippen molar-refractivity contribution in [3.05, 3.63) is 34.1 Å². The highest BCUT2D eigenvalue weighted by Gasteiger charge is 2.24. The molecule has 1 aromatic rings. The Kier molecular flexibility index (Phi) is 4.93. The number of halogens is 2. The molecule has 1 N–H and O–H groups in total. The molecular weight excluding hydrogens is 311 g/mol. The van der Waals surface area contributed by atoms with Crippen molar-refractivity contribution in [1.82, 2.24) is 10.2 Å². The first-order valence-corrected chi connectivity index (χ1v) is 7.34. The van der Waals surface area contributed by atoms with Crippen molar-refractivity contribution in [3.63, 3.8) is 0 Å². The van der Waals surface area contributed by atoms with E-state index in [0.29, 0.717) is 19.0 Å². The summed E-state index contributed by atoms with van der Waals surface area (Å²) in [5, 5.41) is 3.38. The average molecular weight is 329 g/mol. The highest BCUT2D eigenvalue weighted by atomic mass is 79.9. The van der Waals surface area contributed by atoms with Gasteiger partial charge in [-0.25, -0.2) is 4.39 Å². The van der Waals surface area contributed by atoms with Crippen molar-refractivity contribution in [3.8, 4) is 0 Å². The molecule has 1 atom stereocenters. The largest absolute Gasteiger partial charge is 0.341 e. The molecule has 2 rings (SSSR count). The van der Waals surface area contributed by atoms with Crippen LogP contribution in [0.3, 0.4) is 0 Å². The first kappa shape index (κ1) is 14.5. The van der Waals surface area contributed by atoms with Gasteiger partial charge < -0.3 is 10.2 Å². The Bertz CT molecular complexity index is 467. The first-order chi connectivity index (χ1) is 9.10. The summed E-state index contributed by atoms with van der Waals surface area (Å²) in [5.74, 6) is -0.0227. The van der Waals surface area contributed by atoms with Crippen molar-refractivity contribution in [2.75, 3.05) is 13.1 Å². The van der Waals surface area contributed by atoms with Crippen LogP contribution < -0.4 is 5.32 Å². The standard InChI is InChI=1S/C14H18BrFN2O/c1-2-14(19)18-6-5-12(9-18)17-8-10-7-11(16)3-4-13(10)15/h3-4,7,12,17H,2,5-6,8-9H2,1H3/t12-/m1/s1. The minimum Gasteiger partial charge on any atom is -0.341 e. The molecule has 0 bridgehead atoms. The third-order valence-corrected chi connectivity index (χ3v) is 4.21. The Balaban J connectivity index is 1.87. The van der Waals surface area contributed by atoms with Gasteiger partial charge >= 0.3 is 0 Å². The van der Waals surface area contributed by atoms with Crippen LogP contribution in [-0.4, -0.2) is 29.9 Å². The zero-order chi connectivity index (χ0) is 13.8. The van der Waals surface area contributed by atoms with Crippen molar-refractivity contribution < 1.29 is 9.18 Å². The van der Waals surface area contributed by atoms with Gasteiger partial charge in [0.25, 0.3) is 0 Å². The van der Waals surface area contributed by atoms with E-state index in [1.807, 2.05) is 11.8 Å². The number of rotatable bonds is 4. The van der Waals surface area contributed by atoms with Gasteiger partial charge in [0.1, 0.15) is 5.82 Å². The van der Waals surface area contributed by atoms with Crippen LogP contribution in [0.5, 0.6) is 0 Å². The van der Waals surface area contributed by atoms with E-state index in [4.69, 9.17) is 0 Å². The molecule has 19 heavy (non-hydrogen) atoms. The fourth-order valence-corrected chi connectivity index (χ4v) is 2.70. The second-order valence-corrected chi connectivity index (χ2v) is 5.65. The summed E-state index contributed by atoms with van der Waals surface area (Å²) in [5.41, 5.74) is 0.903. The lowest BCUT2D eigenvalue weighted by Gasteiger charge is -2.16. The Labute approximate surface area is 121 Å². The highest BCUT2D eigenvalue weighted by molar-refractivity contribution is 9.10. The highest BCUT2D eigenvalue weighted by Crippen LogP contribution is 2.18. The topological polar surface area (TPSA) is 32.3 Å². The van der Waals surface area contributed by atoms with Crippen molar-refractivity contribution in [1.29, 1.82) is 0 Å². The number of amides is 1. The monoisotopic (exact) mass is 328 g/mol. The number of likely N-dealkylation sites (tertiary alicyclic amines) is 1. The lowest BCUT2D eigenvalue weighted by Crippen LogP contribution is -2.34. The first-order valence-electron chi connectivity index (χ1n) is 6.55. The van der Waals surface area contributed by atoms with Gasteiger partial charge in [-0.05, 0) is 30.2 Å². The third-order valence-electron chi connectivity index (χ3n) is 3.43. The van der Waals surface area contributed by atoms with Crippen LogP contribution in [0.2, 0.25) is 0 Å². The maximum absolute atomic E-state index is 13.2.